The first-order valence-corrected chi connectivity index (χ1v) is 9.84. The SMILES string of the molecule is N#Cc1ccccc1S(=O)(=O)N1C2CCC1CN(C(=O)C1=CN=NC1)C2. The van der Waals surface area contributed by atoms with Crippen LogP contribution in [-0.2, 0) is 14.8 Å². The normalized spacial score (nSPS) is 25.2. The fourth-order valence-electron chi connectivity index (χ4n) is 3.91. The number of hydrogen-bond donors (Lipinski definition) is 0. The Morgan fingerprint density at radius 2 is 1.88 bits per heavy atom. The second-order valence-electron chi connectivity index (χ2n) is 6.61. The first-order valence-electron chi connectivity index (χ1n) is 8.40. The molecular weight excluding hydrogens is 354 g/mol. The van der Waals surface area contributed by atoms with Crippen molar-refractivity contribution in [3.8, 4) is 6.07 Å². The lowest BCUT2D eigenvalue weighted by Crippen LogP contribution is -2.57. The zero-order valence-electron chi connectivity index (χ0n) is 13.9. The molecular formula is C17H17N5O3S. The maximum absolute atomic E-state index is 13.2. The number of azo groups is 1. The van der Waals surface area contributed by atoms with Gasteiger partial charge in [0.05, 0.1) is 28.8 Å². The van der Waals surface area contributed by atoms with Gasteiger partial charge in [-0.15, -0.1) is 0 Å². The molecule has 0 N–H and O–H groups in total. The number of piperazine rings is 1. The molecule has 2 unspecified atom stereocenters. The predicted octanol–water partition coefficient (Wildman–Crippen LogP) is 1.27. The van der Waals surface area contributed by atoms with E-state index in [1.54, 1.807) is 17.0 Å². The molecule has 2 fully saturated rings. The van der Waals surface area contributed by atoms with Crippen molar-refractivity contribution in [2.24, 2.45) is 10.2 Å². The molecule has 8 nitrogen and oxygen atoms in total. The minimum Gasteiger partial charge on any atom is -0.336 e. The van der Waals surface area contributed by atoms with Crippen molar-refractivity contribution in [1.82, 2.24) is 9.21 Å². The lowest BCUT2D eigenvalue weighted by atomic mass is 10.2. The highest BCUT2D eigenvalue weighted by molar-refractivity contribution is 7.89. The van der Waals surface area contributed by atoms with Gasteiger partial charge in [0.15, 0.2) is 0 Å². The largest absolute Gasteiger partial charge is 0.336 e. The van der Waals surface area contributed by atoms with Crippen LogP contribution in [0.1, 0.15) is 18.4 Å². The fourth-order valence-corrected chi connectivity index (χ4v) is 5.91. The maximum Gasteiger partial charge on any atom is 0.253 e. The molecule has 1 amide bonds. The summed E-state index contributed by atoms with van der Waals surface area (Å²) in [6.07, 6.45) is 2.88. The van der Waals surface area contributed by atoms with E-state index in [1.165, 1.54) is 22.6 Å². The Labute approximate surface area is 151 Å². The van der Waals surface area contributed by atoms with E-state index in [9.17, 15) is 18.5 Å². The number of sulfonamides is 1. The molecule has 134 valence electrons. The minimum atomic E-state index is -3.79. The van der Waals surface area contributed by atoms with Gasteiger partial charge in [0.1, 0.15) is 6.07 Å². The monoisotopic (exact) mass is 371 g/mol. The molecule has 26 heavy (non-hydrogen) atoms. The fraction of sp³-hybridized carbons (Fsp3) is 0.412. The molecule has 3 aliphatic heterocycles. The molecule has 0 saturated carbocycles. The summed E-state index contributed by atoms with van der Waals surface area (Å²) in [5.41, 5.74) is 0.681. The Hall–Kier alpha value is -2.57. The third-order valence-corrected chi connectivity index (χ3v) is 7.14. The molecule has 3 heterocycles. The molecule has 0 aromatic heterocycles. The Morgan fingerprint density at radius 1 is 1.19 bits per heavy atom. The number of hydrogen-bond acceptors (Lipinski definition) is 6. The topological polar surface area (TPSA) is 106 Å². The summed E-state index contributed by atoms with van der Waals surface area (Å²) in [6.45, 7) is 0.976. The van der Waals surface area contributed by atoms with Gasteiger partial charge in [0, 0.05) is 25.2 Å². The molecule has 3 aliphatic rings. The van der Waals surface area contributed by atoms with Crippen molar-refractivity contribution >= 4 is 15.9 Å². The molecule has 9 heteroatoms. The van der Waals surface area contributed by atoms with Crippen molar-refractivity contribution < 1.29 is 13.2 Å². The number of likely N-dealkylation sites (tertiary alicyclic amines) is 1. The van der Waals surface area contributed by atoms with Crippen molar-refractivity contribution in [2.75, 3.05) is 19.6 Å². The molecule has 4 rings (SSSR count). The van der Waals surface area contributed by atoms with Gasteiger partial charge >= 0.3 is 0 Å². The highest BCUT2D eigenvalue weighted by atomic mass is 32.2. The average molecular weight is 371 g/mol. The van der Waals surface area contributed by atoms with Gasteiger partial charge in [-0.05, 0) is 25.0 Å². The first kappa shape index (κ1) is 16.9. The van der Waals surface area contributed by atoms with Crippen molar-refractivity contribution in [3.63, 3.8) is 0 Å². The van der Waals surface area contributed by atoms with Gasteiger partial charge in [0.25, 0.3) is 5.91 Å². The van der Waals surface area contributed by atoms with E-state index in [0.717, 1.165) is 0 Å². The van der Waals surface area contributed by atoms with E-state index in [4.69, 9.17) is 0 Å². The van der Waals surface area contributed by atoms with Crippen LogP contribution in [0.4, 0.5) is 0 Å². The Balaban J connectivity index is 1.61. The number of nitriles is 1. The minimum absolute atomic E-state index is 0.0373. The molecule has 2 atom stereocenters. The van der Waals surface area contributed by atoms with E-state index in [1.807, 2.05) is 6.07 Å². The van der Waals surface area contributed by atoms with Gasteiger partial charge in [-0.1, -0.05) is 12.1 Å². The smallest absolute Gasteiger partial charge is 0.253 e. The van der Waals surface area contributed by atoms with Gasteiger partial charge in [-0.3, -0.25) is 4.79 Å². The number of fused-ring (bicyclic) bond motifs is 2. The zero-order chi connectivity index (χ0) is 18.3. The molecule has 2 bridgehead atoms. The van der Waals surface area contributed by atoms with Gasteiger partial charge in [-0.2, -0.15) is 19.8 Å². The quantitative estimate of drug-likeness (QED) is 0.797. The van der Waals surface area contributed by atoms with E-state index >= 15 is 0 Å². The van der Waals surface area contributed by atoms with Crippen LogP contribution in [0.15, 0.2) is 51.2 Å². The van der Waals surface area contributed by atoms with Crippen molar-refractivity contribution in [1.29, 1.82) is 5.26 Å². The summed E-state index contributed by atoms with van der Waals surface area (Å²) < 4.78 is 27.9. The molecule has 1 aromatic rings. The highest BCUT2D eigenvalue weighted by Crippen LogP contribution is 2.36. The summed E-state index contributed by atoms with van der Waals surface area (Å²) >= 11 is 0. The Kier molecular flexibility index (Phi) is 4.09. The van der Waals surface area contributed by atoms with Gasteiger partial charge in [-0.25, -0.2) is 8.42 Å². The van der Waals surface area contributed by atoms with Crippen LogP contribution >= 0.6 is 0 Å². The first-order chi connectivity index (χ1) is 12.5. The second kappa shape index (κ2) is 6.30. The maximum atomic E-state index is 13.2. The van der Waals surface area contributed by atoms with Crippen LogP contribution in [0.5, 0.6) is 0 Å². The molecule has 2 saturated heterocycles. The third-order valence-electron chi connectivity index (χ3n) is 5.08. The number of carbonyl (C=O) groups is 1. The van der Waals surface area contributed by atoms with Crippen LogP contribution in [0.3, 0.4) is 0 Å². The summed E-state index contributed by atoms with van der Waals surface area (Å²) in [5, 5.41) is 16.8. The summed E-state index contributed by atoms with van der Waals surface area (Å²) in [4.78, 5) is 14.3. The van der Waals surface area contributed by atoms with Crippen LogP contribution in [0, 0.1) is 11.3 Å². The number of carbonyl (C=O) groups excluding carboxylic acids is 1. The summed E-state index contributed by atoms with van der Waals surface area (Å²) in [6, 6.07) is 7.66. The lowest BCUT2D eigenvalue weighted by molar-refractivity contribution is -0.129. The predicted molar refractivity (Wildman–Crippen MR) is 91.4 cm³/mol. The van der Waals surface area contributed by atoms with Crippen molar-refractivity contribution in [3.05, 3.63) is 41.6 Å². The molecule has 0 radical (unpaired) electrons. The zero-order valence-corrected chi connectivity index (χ0v) is 14.8. The summed E-state index contributed by atoms with van der Waals surface area (Å²) in [7, 11) is -3.79. The molecule has 0 spiro atoms. The Bertz CT molecular complexity index is 949. The van der Waals surface area contributed by atoms with Crippen LogP contribution < -0.4 is 0 Å². The van der Waals surface area contributed by atoms with Crippen LogP contribution in [-0.4, -0.2) is 55.2 Å². The molecule has 1 aromatic carbocycles. The van der Waals surface area contributed by atoms with E-state index in [-0.39, 0.29) is 35.0 Å². The third kappa shape index (κ3) is 2.62. The second-order valence-corrected chi connectivity index (χ2v) is 8.42. The number of benzene rings is 1. The van der Waals surface area contributed by atoms with E-state index in [2.05, 4.69) is 10.2 Å². The van der Waals surface area contributed by atoms with Crippen LogP contribution in [0.2, 0.25) is 0 Å². The van der Waals surface area contributed by atoms with Crippen molar-refractivity contribution in [2.45, 2.75) is 29.8 Å². The van der Waals surface area contributed by atoms with Crippen LogP contribution in [0.25, 0.3) is 0 Å². The van der Waals surface area contributed by atoms with Gasteiger partial charge < -0.3 is 4.90 Å². The Morgan fingerprint density at radius 3 is 2.50 bits per heavy atom. The summed E-state index contributed by atoms with van der Waals surface area (Å²) in [5.74, 6) is -0.124. The average Bonchev–Trinajstić information content (AvgIpc) is 3.28. The number of rotatable bonds is 3. The standard InChI is InChI=1S/C17H17N5O3S/c18-7-12-3-1-2-4-16(12)26(24,25)22-14-5-6-15(22)11-21(10-14)17(23)13-8-19-20-9-13/h1-4,8,14-15H,5-6,9-11H2. The van der Waals surface area contributed by atoms with Gasteiger partial charge in [0.2, 0.25) is 10.0 Å². The van der Waals surface area contributed by atoms with E-state index in [0.29, 0.717) is 31.5 Å². The number of amides is 1. The number of nitrogens with zero attached hydrogens (tertiary/aromatic N) is 5. The molecule has 0 aliphatic carbocycles. The lowest BCUT2D eigenvalue weighted by Gasteiger charge is -2.40. The highest BCUT2D eigenvalue weighted by Gasteiger charge is 2.48. The van der Waals surface area contributed by atoms with E-state index < -0.39 is 10.0 Å².